The van der Waals surface area contributed by atoms with Gasteiger partial charge in [0.05, 0.1) is 6.61 Å². The molecule has 1 unspecified atom stereocenters. The van der Waals surface area contributed by atoms with Gasteiger partial charge in [-0.3, -0.25) is 0 Å². The minimum atomic E-state index is 0.330. The van der Waals surface area contributed by atoms with Crippen molar-refractivity contribution in [3.8, 4) is 5.75 Å². The molecule has 1 atom stereocenters. The van der Waals surface area contributed by atoms with E-state index >= 15 is 0 Å². The molecule has 1 aromatic rings. The van der Waals surface area contributed by atoms with Gasteiger partial charge in [-0.1, -0.05) is 43.9 Å². The first-order chi connectivity index (χ1) is 10.4. The zero-order valence-corrected chi connectivity index (χ0v) is 13.1. The van der Waals surface area contributed by atoms with E-state index in [9.17, 15) is 0 Å². The summed E-state index contributed by atoms with van der Waals surface area (Å²) in [5.74, 6) is 0.955. The first kappa shape index (κ1) is 16.1. The van der Waals surface area contributed by atoms with Gasteiger partial charge in [0.2, 0.25) is 0 Å². The Morgan fingerprint density at radius 1 is 1.05 bits per heavy atom. The third kappa shape index (κ3) is 7.33. The van der Waals surface area contributed by atoms with E-state index in [1.807, 2.05) is 6.08 Å². The van der Waals surface area contributed by atoms with Crippen LogP contribution in [0.1, 0.15) is 50.5 Å². The smallest absolute Gasteiger partial charge is 0.119 e. The number of hydrogen-bond donors (Lipinski definition) is 0. The summed E-state index contributed by atoms with van der Waals surface area (Å²) in [7, 11) is 0. The highest BCUT2D eigenvalue weighted by Crippen LogP contribution is 2.17. The van der Waals surface area contributed by atoms with Crippen LogP contribution in [0.25, 0.3) is 0 Å². The lowest BCUT2D eigenvalue weighted by molar-refractivity contribution is 0.263. The molecule has 1 aliphatic heterocycles. The quantitative estimate of drug-likeness (QED) is 0.309. The molecule has 116 valence electrons. The summed E-state index contributed by atoms with van der Waals surface area (Å²) in [4.78, 5) is 0. The first-order valence-electron chi connectivity index (χ1n) is 8.33. The van der Waals surface area contributed by atoms with Crippen molar-refractivity contribution in [1.29, 1.82) is 0 Å². The number of ether oxygens (including phenoxy) is 2. The fourth-order valence-electron chi connectivity index (χ4n) is 2.43. The van der Waals surface area contributed by atoms with Crippen molar-refractivity contribution in [1.82, 2.24) is 0 Å². The van der Waals surface area contributed by atoms with Crippen LogP contribution in [0.15, 0.2) is 36.9 Å². The fourth-order valence-corrected chi connectivity index (χ4v) is 2.43. The Bertz CT molecular complexity index is 393. The molecule has 0 amide bonds. The van der Waals surface area contributed by atoms with E-state index in [-0.39, 0.29) is 0 Å². The van der Waals surface area contributed by atoms with Crippen LogP contribution >= 0.6 is 0 Å². The summed E-state index contributed by atoms with van der Waals surface area (Å²) in [5, 5.41) is 0. The Morgan fingerprint density at radius 3 is 2.38 bits per heavy atom. The second kappa shape index (κ2) is 9.62. The molecule has 1 aromatic carbocycles. The van der Waals surface area contributed by atoms with Crippen LogP contribution in [-0.2, 0) is 11.2 Å². The molecule has 1 fully saturated rings. The minimum Gasteiger partial charge on any atom is -0.491 e. The molecule has 2 rings (SSSR count). The van der Waals surface area contributed by atoms with E-state index in [1.165, 1.54) is 56.9 Å². The number of allylic oxidation sites excluding steroid dienone is 1. The Hall–Kier alpha value is -1.28. The van der Waals surface area contributed by atoms with Gasteiger partial charge in [0, 0.05) is 0 Å². The lowest BCUT2D eigenvalue weighted by atomic mass is 10.0. The monoisotopic (exact) mass is 288 g/mol. The molecule has 0 radical (unpaired) electrons. The van der Waals surface area contributed by atoms with Gasteiger partial charge in [-0.25, -0.2) is 0 Å². The summed E-state index contributed by atoms with van der Waals surface area (Å²) in [6.07, 6.45) is 12.7. The van der Waals surface area contributed by atoms with E-state index in [0.717, 1.165) is 12.4 Å². The zero-order valence-electron chi connectivity index (χ0n) is 13.1. The molecule has 0 spiro atoms. The van der Waals surface area contributed by atoms with Crippen LogP contribution in [0.4, 0.5) is 0 Å². The maximum absolute atomic E-state index is 5.64. The number of unbranched alkanes of at least 4 members (excludes halogenated alkanes) is 6. The maximum Gasteiger partial charge on any atom is 0.119 e. The predicted molar refractivity (Wildman–Crippen MR) is 87.9 cm³/mol. The number of aryl methyl sites for hydroxylation is 1. The lowest BCUT2D eigenvalue weighted by Gasteiger charge is -2.06. The van der Waals surface area contributed by atoms with Gasteiger partial charge in [0.25, 0.3) is 0 Å². The van der Waals surface area contributed by atoms with Gasteiger partial charge in [0.15, 0.2) is 0 Å². The third-order valence-electron chi connectivity index (χ3n) is 3.89. The highest BCUT2D eigenvalue weighted by Gasteiger charge is 2.22. The molecule has 1 heterocycles. The number of epoxide rings is 1. The number of benzene rings is 1. The molecular formula is C19H28O2. The van der Waals surface area contributed by atoms with E-state index in [2.05, 4.69) is 30.8 Å². The van der Waals surface area contributed by atoms with Crippen molar-refractivity contribution in [2.24, 2.45) is 0 Å². The van der Waals surface area contributed by atoms with Crippen LogP contribution in [0.2, 0.25) is 0 Å². The Balaban J connectivity index is 1.50. The Morgan fingerprint density at radius 2 is 1.71 bits per heavy atom. The van der Waals surface area contributed by atoms with Crippen LogP contribution in [0.3, 0.4) is 0 Å². The summed E-state index contributed by atoms with van der Waals surface area (Å²) >= 11 is 0. The second-order valence-electron chi connectivity index (χ2n) is 5.86. The van der Waals surface area contributed by atoms with Crippen molar-refractivity contribution in [3.63, 3.8) is 0 Å². The van der Waals surface area contributed by atoms with Crippen molar-refractivity contribution in [2.45, 2.75) is 57.5 Å². The second-order valence-corrected chi connectivity index (χ2v) is 5.86. The van der Waals surface area contributed by atoms with Crippen LogP contribution in [-0.4, -0.2) is 19.3 Å². The Labute approximate surface area is 129 Å². The molecule has 0 N–H and O–H groups in total. The molecule has 2 heteroatoms. The fraction of sp³-hybridized carbons (Fsp3) is 0.579. The molecule has 0 aromatic heterocycles. The van der Waals surface area contributed by atoms with Gasteiger partial charge in [-0.2, -0.15) is 0 Å². The molecule has 1 saturated heterocycles. The van der Waals surface area contributed by atoms with Crippen molar-refractivity contribution in [2.75, 3.05) is 13.2 Å². The molecular weight excluding hydrogens is 260 g/mol. The van der Waals surface area contributed by atoms with Gasteiger partial charge in [-0.05, 0) is 43.4 Å². The summed E-state index contributed by atoms with van der Waals surface area (Å²) in [6.45, 7) is 5.29. The normalized spacial score (nSPS) is 16.7. The molecule has 2 nitrogen and oxygen atoms in total. The van der Waals surface area contributed by atoms with Crippen molar-refractivity contribution < 1.29 is 9.47 Å². The maximum atomic E-state index is 5.64. The lowest BCUT2D eigenvalue weighted by Crippen LogP contribution is -2.03. The SMILES string of the molecule is C=CCCCCCCCCc1ccc(OCC2CO2)cc1. The van der Waals surface area contributed by atoms with Crippen LogP contribution in [0.5, 0.6) is 5.75 Å². The highest BCUT2D eigenvalue weighted by molar-refractivity contribution is 5.27. The average molecular weight is 288 g/mol. The molecule has 0 aliphatic carbocycles. The number of rotatable bonds is 12. The van der Waals surface area contributed by atoms with Gasteiger partial charge in [-0.15, -0.1) is 6.58 Å². The first-order valence-corrected chi connectivity index (χ1v) is 8.33. The van der Waals surface area contributed by atoms with Crippen LogP contribution in [0, 0.1) is 0 Å². The largest absolute Gasteiger partial charge is 0.491 e. The average Bonchev–Trinajstić information content (AvgIpc) is 3.33. The standard InChI is InChI=1S/C19H28O2/c1-2-3-4-5-6-7-8-9-10-17-11-13-18(14-12-17)20-15-19-16-21-19/h2,11-14,19H,1,3-10,15-16H2. The van der Waals surface area contributed by atoms with Crippen molar-refractivity contribution >= 4 is 0 Å². The molecule has 21 heavy (non-hydrogen) atoms. The van der Waals surface area contributed by atoms with E-state index < -0.39 is 0 Å². The van der Waals surface area contributed by atoms with Gasteiger partial charge in [0.1, 0.15) is 18.5 Å². The van der Waals surface area contributed by atoms with Crippen molar-refractivity contribution in [3.05, 3.63) is 42.5 Å². The molecule has 0 bridgehead atoms. The highest BCUT2D eigenvalue weighted by atomic mass is 16.6. The summed E-state index contributed by atoms with van der Waals surface area (Å²) in [6, 6.07) is 8.53. The third-order valence-corrected chi connectivity index (χ3v) is 3.89. The predicted octanol–water partition coefficient (Wildman–Crippen LogP) is 4.92. The minimum absolute atomic E-state index is 0.330. The summed E-state index contributed by atoms with van der Waals surface area (Å²) in [5.41, 5.74) is 1.41. The molecule has 0 saturated carbocycles. The molecule has 1 aliphatic rings. The van der Waals surface area contributed by atoms with E-state index in [1.54, 1.807) is 0 Å². The van der Waals surface area contributed by atoms with Crippen LogP contribution < -0.4 is 4.74 Å². The zero-order chi connectivity index (χ0) is 14.8. The number of hydrogen-bond acceptors (Lipinski definition) is 2. The summed E-state index contributed by atoms with van der Waals surface area (Å²) < 4.78 is 10.8. The topological polar surface area (TPSA) is 21.8 Å². The Kier molecular flexibility index (Phi) is 7.37. The van der Waals surface area contributed by atoms with Gasteiger partial charge >= 0.3 is 0 Å². The van der Waals surface area contributed by atoms with E-state index in [4.69, 9.17) is 9.47 Å². The van der Waals surface area contributed by atoms with Gasteiger partial charge < -0.3 is 9.47 Å². The van der Waals surface area contributed by atoms with E-state index in [0.29, 0.717) is 12.7 Å².